The number of rotatable bonds is 4. The lowest BCUT2D eigenvalue weighted by atomic mass is 10.1. The van der Waals surface area contributed by atoms with Crippen molar-refractivity contribution in [2.75, 3.05) is 46.4 Å². The summed E-state index contributed by atoms with van der Waals surface area (Å²) in [6, 6.07) is 5.15. The summed E-state index contributed by atoms with van der Waals surface area (Å²) in [6.07, 6.45) is 2.68. The molecule has 2 aliphatic rings. The Labute approximate surface area is 142 Å². The Balaban J connectivity index is 1.58. The van der Waals surface area contributed by atoms with E-state index >= 15 is 0 Å². The number of halogens is 1. The molecule has 0 radical (unpaired) electrons. The first kappa shape index (κ1) is 16.6. The molecule has 5 nitrogen and oxygen atoms in total. The number of carbonyl (C=O) groups excluding carboxylic acids is 1. The van der Waals surface area contributed by atoms with E-state index in [-0.39, 0.29) is 5.91 Å². The minimum atomic E-state index is -0.0129. The van der Waals surface area contributed by atoms with Gasteiger partial charge in [-0.1, -0.05) is 11.6 Å². The number of benzene rings is 1. The van der Waals surface area contributed by atoms with E-state index in [2.05, 4.69) is 4.90 Å². The molecule has 0 bridgehead atoms. The van der Waals surface area contributed by atoms with Crippen molar-refractivity contribution in [1.82, 2.24) is 9.80 Å². The van der Waals surface area contributed by atoms with Gasteiger partial charge in [0.25, 0.3) is 5.91 Å². The molecule has 0 saturated carbocycles. The maximum atomic E-state index is 12.7. The van der Waals surface area contributed by atoms with Gasteiger partial charge in [-0.05, 0) is 31.0 Å². The van der Waals surface area contributed by atoms with Gasteiger partial charge in [0.1, 0.15) is 5.75 Å². The van der Waals surface area contributed by atoms with E-state index in [1.54, 1.807) is 25.3 Å². The van der Waals surface area contributed by atoms with Gasteiger partial charge in [0.15, 0.2) is 0 Å². The number of piperazine rings is 1. The third kappa shape index (κ3) is 3.97. The Kier molecular flexibility index (Phi) is 5.41. The van der Waals surface area contributed by atoms with Crippen molar-refractivity contribution in [3.63, 3.8) is 0 Å². The summed E-state index contributed by atoms with van der Waals surface area (Å²) >= 11 is 6.03. The van der Waals surface area contributed by atoms with Crippen molar-refractivity contribution in [2.45, 2.75) is 18.9 Å². The van der Waals surface area contributed by atoms with E-state index in [1.807, 2.05) is 4.90 Å². The van der Waals surface area contributed by atoms with E-state index in [4.69, 9.17) is 21.1 Å². The molecule has 6 heteroatoms. The first-order valence-corrected chi connectivity index (χ1v) is 8.52. The van der Waals surface area contributed by atoms with E-state index in [9.17, 15) is 4.79 Å². The van der Waals surface area contributed by atoms with E-state index in [0.29, 0.717) is 22.4 Å². The number of methoxy groups -OCH3 is 1. The second-order valence-electron chi connectivity index (χ2n) is 6.07. The molecule has 2 fully saturated rings. The summed E-state index contributed by atoms with van der Waals surface area (Å²) in [5, 5.41) is 0.547. The lowest BCUT2D eigenvalue weighted by Gasteiger charge is -2.35. The van der Waals surface area contributed by atoms with Crippen LogP contribution in [0.3, 0.4) is 0 Å². The molecule has 0 aliphatic carbocycles. The van der Waals surface area contributed by atoms with Crippen LogP contribution in [-0.2, 0) is 4.74 Å². The predicted molar refractivity (Wildman–Crippen MR) is 89.3 cm³/mol. The smallest absolute Gasteiger partial charge is 0.257 e. The molecular formula is C17H23ClN2O3. The highest BCUT2D eigenvalue weighted by Gasteiger charge is 2.26. The zero-order chi connectivity index (χ0) is 16.2. The maximum absolute atomic E-state index is 12.7. The average molecular weight is 339 g/mol. The van der Waals surface area contributed by atoms with E-state index in [0.717, 1.165) is 52.2 Å². The van der Waals surface area contributed by atoms with Gasteiger partial charge in [0.2, 0.25) is 0 Å². The highest BCUT2D eigenvalue weighted by molar-refractivity contribution is 6.31. The first-order valence-electron chi connectivity index (χ1n) is 8.14. The lowest BCUT2D eigenvalue weighted by Crippen LogP contribution is -2.50. The molecule has 1 amide bonds. The second kappa shape index (κ2) is 7.51. The number of hydrogen-bond donors (Lipinski definition) is 0. The predicted octanol–water partition coefficient (Wildman–Crippen LogP) is 2.29. The first-order chi connectivity index (χ1) is 11.2. The van der Waals surface area contributed by atoms with Crippen LogP contribution in [0.5, 0.6) is 5.75 Å². The molecule has 0 unspecified atom stereocenters. The standard InChI is InChI=1S/C17H23ClN2O3/c1-22-16-5-4-13(18)11-15(16)17(21)20-8-6-19(7-9-20)12-14-3-2-10-23-14/h4-5,11,14H,2-3,6-10,12H2,1H3/t14-/m0/s1. The molecule has 3 rings (SSSR count). The average Bonchev–Trinajstić information content (AvgIpc) is 3.08. The molecule has 0 N–H and O–H groups in total. The molecule has 126 valence electrons. The van der Waals surface area contributed by atoms with Crippen molar-refractivity contribution in [3.8, 4) is 5.75 Å². The van der Waals surface area contributed by atoms with Gasteiger partial charge in [0.05, 0.1) is 18.8 Å². The topological polar surface area (TPSA) is 42.0 Å². The summed E-state index contributed by atoms with van der Waals surface area (Å²) in [5.41, 5.74) is 0.535. The number of carbonyl (C=O) groups is 1. The third-order valence-corrected chi connectivity index (χ3v) is 4.77. The number of nitrogens with zero attached hydrogens (tertiary/aromatic N) is 2. The van der Waals surface area contributed by atoms with Crippen LogP contribution in [0, 0.1) is 0 Å². The molecule has 0 spiro atoms. The van der Waals surface area contributed by atoms with Gasteiger partial charge >= 0.3 is 0 Å². The van der Waals surface area contributed by atoms with Gasteiger partial charge in [-0.15, -0.1) is 0 Å². The van der Waals surface area contributed by atoms with Crippen molar-refractivity contribution in [2.24, 2.45) is 0 Å². The van der Waals surface area contributed by atoms with Crippen molar-refractivity contribution in [3.05, 3.63) is 28.8 Å². The molecule has 2 saturated heterocycles. The minimum Gasteiger partial charge on any atom is -0.496 e. The van der Waals surface area contributed by atoms with Crippen LogP contribution in [0.4, 0.5) is 0 Å². The van der Waals surface area contributed by atoms with Crippen LogP contribution in [-0.4, -0.2) is 68.3 Å². The highest BCUT2D eigenvalue weighted by atomic mass is 35.5. The maximum Gasteiger partial charge on any atom is 0.257 e. The molecule has 2 heterocycles. The summed E-state index contributed by atoms with van der Waals surface area (Å²) in [6.45, 7) is 5.07. The summed E-state index contributed by atoms with van der Waals surface area (Å²) in [4.78, 5) is 17.0. The Morgan fingerprint density at radius 3 is 2.78 bits per heavy atom. The second-order valence-corrected chi connectivity index (χ2v) is 6.51. The number of ether oxygens (including phenoxy) is 2. The SMILES string of the molecule is COc1ccc(Cl)cc1C(=O)N1CCN(C[C@@H]2CCCO2)CC1. The normalized spacial score (nSPS) is 22.3. The zero-order valence-electron chi connectivity index (χ0n) is 13.5. The highest BCUT2D eigenvalue weighted by Crippen LogP contribution is 2.24. The Morgan fingerprint density at radius 1 is 1.35 bits per heavy atom. The summed E-state index contributed by atoms with van der Waals surface area (Å²) in [5.74, 6) is 0.558. The van der Waals surface area contributed by atoms with E-state index < -0.39 is 0 Å². The number of hydrogen-bond acceptors (Lipinski definition) is 4. The van der Waals surface area contributed by atoms with Crippen LogP contribution in [0.1, 0.15) is 23.2 Å². The fourth-order valence-electron chi connectivity index (χ4n) is 3.23. The molecule has 1 atom stereocenters. The Hall–Kier alpha value is -1.30. The Bertz CT molecular complexity index is 553. The van der Waals surface area contributed by atoms with Gasteiger partial charge in [-0.3, -0.25) is 9.69 Å². The fraction of sp³-hybridized carbons (Fsp3) is 0.588. The van der Waals surface area contributed by atoms with Crippen LogP contribution >= 0.6 is 11.6 Å². The molecular weight excluding hydrogens is 316 g/mol. The Morgan fingerprint density at radius 2 is 2.13 bits per heavy atom. The lowest BCUT2D eigenvalue weighted by molar-refractivity contribution is 0.0431. The monoisotopic (exact) mass is 338 g/mol. The van der Waals surface area contributed by atoms with Gasteiger partial charge in [-0.25, -0.2) is 0 Å². The van der Waals surface area contributed by atoms with Crippen LogP contribution < -0.4 is 4.74 Å². The zero-order valence-corrected chi connectivity index (χ0v) is 14.2. The van der Waals surface area contributed by atoms with E-state index in [1.165, 1.54) is 0 Å². The van der Waals surface area contributed by atoms with Gasteiger partial charge in [-0.2, -0.15) is 0 Å². The molecule has 0 aromatic heterocycles. The molecule has 1 aromatic rings. The molecule has 1 aromatic carbocycles. The molecule has 23 heavy (non-hydrogen) atoms. The van der Waals surface area contributed by atoms with Gasteiger partial charge in [0, 0.05) is 44.4 Å². The van der Waals surface area contributed by atoms with Crippen molar-refractivity contribution in [1.29, 1.82) is 0 Å². The van der Waals surface area contributed by atoms with Crippen molar-refractivity contribution < 1.29 is 14.3 Å². The summed E-state index contributed by atoms with van der Waals surface area (Å²) in [7, 11) is 1.57. The quantitative estimate of drug-likeness (QED) is 0.844. The summed E-state index contributed by atoms with van der Waals surface area (Å²) < 4.78 is 11.0. The van der Waals surface area contributed by atoms with Crippen molar-refractivity contribution >= 4 is 17.5 Å². The van der Waals surface area contributed by atoms with Crippen LogP contribution in [0.2, 0.25) is 5.02 Å². The fourth-order valence-corrected chi connectivity index (χ4v) is 3.40. The molecule has 2 aliphatic heterocycles. The van der Waals surface area contributed by atoms with Crippen LogP contribution in [0.15, 0.2) is 18.2 Å². The van der Waals surface area contributed by atoms with Crippen LogP contribution in [0.25, 0.3) is 0 Å². The minimum absolute atomic E-state index is 0.0129. The van der Waals surface area contributed by atoms with Gasteiger partial charge < -0.3 is 14.4 Å². The third-order valence-electron chi connectivity index (χ3n) is 4.54. The number of amides is 1. The largest absolute Gasteiger partial charge is 0.496 e.